The quantitative estimate of drug-likeness (QED) is 0.410. The lowest BCUT2D eigenvalue weighted by atomic mass is 10.2. The van der Waals surface area contributed by atoms with E-state index in [4.69, 9.17) is 0 Å². The number of hydrogen-bond acceptors (Lipinski definition) is 4. The summed E-state index contributed by atoms with van der Waals surface area (Å²) in [6.45, 7) is 4.04. The summed E-state index contributed by atoms with van der Waals surface area (Å²) in [4.78, 5) is 16.5. The summed E-state index contributed by atoms with van der Waals surface area (Å²) in [5, 5.41) is 14.6. The number of nitrogens with one attached hydrogen (secondary N) is 1. The zero-order valence-corrected chi connectivity index (χ0v) is 16.1. The van der Waals surface area contributed by atoms with Crippen LogP contribution >= 0.6 is 0 Å². The highest BCUT2D eigenvalue weighted by molar-refractivity contribution is 5.95. The average molecular weight is 384 g/mol. The molecule has 0 fully saturated rings. The summed E-state index contributed by atoms with van der Waals surface area (Å²) in [6.07, 6.45) is 3.41. The molecule has 4 rings (SSSR count). The number of rotatable bonds is 4. The third kappa shape index (κ3) is 3.73. The summed E-state index contributed by atoms with van der Waals surface area (Å²) in [5.41, 5.74) is 7.82. The van der Waals surface area contributed by atoms with Crippen molar-refractivity contribution in [1.82, 2.24) is 15.0 Å². The van der Waals surface area contributed by atoms with Crippen LogP contribution in [0.4, 0.5) is 0 Å². The van der Waals surface area contributed by atoms with E-state index in [-0.39, 0.29) is 11.7 Å². The molecule has 2 heterocycles. The number of aromatic nitrogens is 2. The summed E-state index contributed by atoms with van der Waals surface area (Å²) in [5.74, 6) is -0.344. The van der Waals surface area contributed by atoms with Gasteiger partial charge in [-0.2, -0.15) is 5.10 Å². The third-order valence-corrected chi connectivity index (χ3v) is 4.79. The molecule has 2 N–H and O–H groups in total. The highest BCUT2D eigenvalue weighted by Gasteiger charge is 2.10. The van der Waals surface area contributed by atoms with Gasteiger partial charge in [0.15, 0.2) is 0 Å². The molecule has 0 radical (unpaired) electrons. The summed E-state index contributed by atoms with van der Waals surface area (Å²) >= 11 is 0. The van der Waals surface area contributed by atoms with Gasteiger partial charge in [-0.1, -0.05) is 12.1 Å². The number of hydrogen-bond donors (Lipinski definition) is 2. The molecule has 2 aromatic heterocycles. The minimum Gasteiger partial charge on any atom is -0.508 e. The molecule has 0 atom stereocenters. The number of hydrazone groups is 1. The molecule has 0 spiro atoms. The highest BCUT2D eigenvalue weighted by atomic mass is 16.3. The van der Waals surface area contributed by atoms with Gasteiger partial charge < -0.3 is 9.67 Å². The number of phenols is 1. The molecule has 144 valence electrons. The van der Waals surface area contributed by atoms with Crippen molar-refractivity contribution >= 4 is 23.0 Å². The van der Waals surface area contributed by atoms with E-state index >= 15 is 0 Å². The van der Waals surface area contributed by atoms with Crippen LogP contribution in [0.25, 0.3) is 16.6 Å². The van der Waals surface area contributed by atoms with E-state index in [1.165, 1.54) is 12.1 Å². The Balaban J connectivity index is 1.58. The zero-order chi connectivity index (χ0) is 20.4. The molecule has 0 aliphatic heterocycles. The molecule has 29 heavy (non-hydrogen) atoms. The minimum atomic E-state index is -0.381. The second kappa shape index (κ2) is 7.59. The van der Waals surface area contributed by atoms with Crippen LogP contribution in [0.1, 0.15) is 27.3 Å². The summed E-state index contributed by atoms with van der Waals surface area (Å²) < 4.78 is 2.14. The molecule has 6 nitrogen and oxygen atoms in total. The molecule has 0 saturated heterocycles. The van der Waals surface area contributed by atoms with Crippen LogP contribution in [0, 0.1) is 13.8 Å². The number of amides is 1. The first-order chi connectivity index (χ1) is 14.0. The normalized spacial score (nSPS) is 11.2. The van der Waals surface area contributed by atoms with E-state index in [1.54, 1.807) is 24.5 Å². The van der Waals surface area contributed by atoms with Crippen LogP contribution in [0.2, 0.25) is 0 Å². The van der Waals surface area contributed by atoms with E-state index in [2.05, 4.69) is 26.1 Å². The molecule has 1 amide bonds. The molecule has 0 aliphatic rings. The van der Waals surface area contributed by atoms with Gasteiger partial charge in [-0.25, -0.2) is 5.43 Å². The van der Waals surface area contributed by atoms with Gasteiger partial charge in [0, 0.05) is 39.8 Å². The Labute approximate surface area is 168 Å². The minimum absolute atomic E-state index is 0.0377. The van der Waals surface area contributed by atoms with Gasteiger partial charge >= 0.3 is 0 Å². The van der Waals surface area contributed by atoms with Crippen LogP contribution in [-0.2, 0) is 0 Å². The molecular formula is C23H20N4O2. The second-order valence-electron chi connectivity index (χ2n) is 6.79. The first kappa shape index (κ1) is 18.4. The van der Waals surface area contributed by atoms with Crippen LogP contribution < -0.4 is 5.43 Å². The number of fused-ring (bicyclic) bond motifs is 1. The maximum atomic E-state index is 12.1. The number of pyridine rings is 1. The van der Waals surface area contributed by atoms with Gasteiger partial charge in [0.2, 0.25) is 0 Å². The topological polar surface area (TPSA) is 79.5 Å². The highest BCUT2D eigenvalue weighted by Crippen LogP contribution is 2.23. The molecule has 2 aromatic carbocycles. The number of nitrogens with zero attached hydrogens (tertiary/aromatic N) is 3. The van der Waals surface area contributed by atoms with E-state index < -0.39 is 0 Å². The smallest absolute Gasteiger partial charge is 0.271 e. The fourth-order valence-electron chi connectivity index (χ4n) is 3.39. The first-order valence-corrected chi connectivity index (χ1v) is 9.19. The van der Waals surface area contributed by atoms with Crippen molar-refractivity contribution < 1.29 is 9.90 Å². The number of phenolic OH excluding ortho intramolecular Hbond substituents is 1. The number of aryl methyl sites for hydroxylation is 1. The van der Waals surface area contributed by atoms with E-state index in [1.807, 2.05) is 44.2 Å². The van der Waals surface area contributed by atoms with Crippen molar-refractivity contribution in [3.05, 3.63) is 89.4 Å². The second-order valence-corrected chi connectivity index (χ2v) is 6.79. The largest absolute Gasteiger partial charge is 0.508 e. The number of aromatic hydroxyl groups is 1. The molecule has 4 aromatic rings. The fourth-order valence-corrected chi connectivity index (χ4v) is 3.39. The Morgan fingerprint density at radius 1 is 1.10 bits per heavy atom. The van der Waals surface area contributed by atoms with Crippen molar-refractivity contribution in [3.8, 4) is 11.4 Å². The molecular weight excluding hydrogens is 364 g/mol. The third-order valence-electron chi connectivity index (χ3n) is 4.79. The van der Waals surface area contributed by atoms with Crippen LogP contribution in [0.15, 0.2) is 72.0 Å². The van der Waals surface area contributed by atoms with Crippen molar-refractivity contribution in [3.63, 3.8) is 0 Å². The van der Waals surface area contributed by atoms with E-state index in [9.17, 15) is 9.90 Å². The van der Waals surface area contributed by atoms with Crippen molar-refractivity contribution in [2.24, 2.45) is 5.10 Å². The SMILES string of the molecule is Cc1cc(/C=N/NC(=O)c2cccc(O)c2)c(C)n1-c1ccc2ncccc2c1. The van der Waals surface area contributed by atoms with Crippen LogP contribution in [0.3, 0.4) is 0 Å². The first-order valence-electron chi connectivity index (χ1n) is 9.19. The standard InChI is InChI=1S/C23H20N4O2/c1-15-11-19(14-25-26-23(29)18-5-3-7-21(28)13-18)16(2)27(15)20-8-9-22-17(12-20)6-4-10-24-22/h3-14,28H,1-2H3,(H,26,29)/b25-14+. The van der Waals surface area contributed by atoms with E-state index in [0.717, 1.165) is 33.5 Å². The Morgan fingerprint density at radius 2 is 1.97 bits per heavy atom. The summed E-state index contributed by atoms with van der Waals surface area (Å²) in [6, 6.07) is 18.3. The van der Waals surface area contributed by atoms with Gasteiger partial charge in [0.05, 0.1) is 11.7 Å². The Morgan fingerprint density at radius 3 is 2.79 bits per heavy atom. The molecule has 0 aliphatic carbocycles. The van der Waals surface area contributed by atoms with Gasteiger partial charge in [0.25, 0.3) is 5.91 Å². The monoisotopic (exact) mass is 384 g/mol. The fraction of sp³-hybridized carbons (Fsp3) is 0.0870. The molecule has 0 bridgehead atoms. The molecule has 6 heteroatoms. The predicted octanol–water partition coefficient (Wildman–Crippen LogP) is 4.11. The lowest BCUT2D eigenvalue weighted by Crippen LogP contribution is -2.17. The van der Waals surface area contributed by atoms with Crippen LogP contribution in [-0.4, -0.2) is 26.8 Å². The molecule has 0 saturated carbocycles. The van der Waals surface area contributed by atoms with E-state index in [0.29, 0.717) is 5.56 Å². The van der Waals surface area contributed by atoms with Crippen molar-refractivity contribution in [1.29, 1.82) is 0 Å². The zero-order valence-electron chi connectivity index (χ0n) is 16.1. The van der Waals surface area contributed by atoms with Gasteiger partial charge in [0.1, 0.15) is 5.75 Å². The van der Waals surface area contributed by atoms with Crippen LogP contribution in [0.5, 0.6) is 5.75 Å². The number of carbonyl (C=O) groups excluding carboxylic acids is 1. The Hall–Kier alpha value is -3.93. The van der Waals surface area contributed by atoms with Crippen molar-refractivity contribution in [2.45, 2.75) is 13.8 Å². The maximum Gasteiger partial charge on any atom is 0.271 e. The number of benzene rings is 2. The lowest BCUT2D eigenvalue weighted by molar-refractivity contribution is 0.0954. The Kier molecular flexibility index (Phi) is 4.83. The lowest BCUT2D eigenvalue weighted by Gasteiger charge is -2.10. The van der Waals surface area contributed by atoms with Crippen molar-refractivity contribution in [2.75, 3.05) is 0 Å². The number of carbonyl (C=O) groups is 1. The summed E-state index contributed by atoms with van der Waals surface area (Å²) in [7, 11) is 0. The Bertz CT molecular complexity index is 1240. The molecule has 0 unspecified atom stereocenters. The maximum absolute atomic E-state index is 12.1. The predicted molar refractivity (Wildman–Crippen MR) is 114 cm³/mol. The van der Waals surface area contributed by atoms with Gasteiger partial charge in [-0.05, 0) is 62.4 Å². The van der Waals surface area contributed by atoms with Gasteiger partial charge in [-0.15, -0.1) is 0 Å². The average Bonchev–Trinajstić information content (AvgIpc) is 3.00. The van der Waals surface area contributed by atoms with Gasteiger partial charge in [-0.3, -0.25) is 9.78 Å².